The van der Waals surface area contributed by atoms with Crippen molar-refractivity contribution in [1.82, 2.24) is 20.6 Å². The maximum atomic E-state index is 5.50. The molecule has 0 saturated carbocycles. The van der Waals surface area contributed by atoms with Gasteiger partial charge < -0.3 is 15.1 Å². The number of thiophene rings is 1. The molecule has 0 atom stereocenters. The van der Waals surface area contributed by atoms with Gasteiger partial charge in [-0.25, -0.2) is 9.97 Å². The number of oxazole rings is 1. The fourth-order valence-electron chi connectivity index (χ4n) is 1.94. The van der Waals surface area contributed by atoms with E-state index in [4.69, 9.17) is 4.42 Å². The molecule has 120 valence electrons. The highest BCUT2D eigenvalue weighted by Crippen LogP contribution is 2.23. The zero-order valence-corrected chi connectivity index (χ0v) is 14.5. The number of hydrogen-bond donors (Lipinski definition) is 2. The van der Waals surface area contributed by atoms with Crippen LogP contribution >= 0.6 is 22.7 Å². The molecule has 23 heavy (non-hydrogen) atoms. The molecule has 3 heterocycles. The van der Waals surface area contributed by atoms with Crippen LogP contribution in [-0.2, 0) is 13.1 Å². The Morgan fingerprint density at radius 1 is 1.35 bits per heavy atom. The van der Waals surface area contributed by atoms with E-state index in [1.165, 1.54) is 4.88 Å². The van der Waals surface area contributed by atoms with Crippen molar-refractivity contribution in [2.75, 3.05) is 7.05 Å². The van der Waals surface area contributed by atoms with Crippen LogP contribution in [0, 0.1) is 6.92 Å². The first-order chi connectivity index (χ1) is 11.2. The van der Waals surface area contributed by atoms with Gasteiger partial charge in [0.1, 0.15) is 11.3 Å². The van der Waals surface area contributed by atoms with Gasteiger partial charge in [-0.1, -0.05) is 6.07 Å². The van der Waals surface area contributed by atoms with Crippen molar-refractivity contribution >= 4 is 28.6 Å². The molecule has 3 aromatic rings. The summed E-state index contributed by atoms with van der Waals surface area (Å²) >= 11 is 3.28. The summed E-state index contributed by atoms with van der Waals surface area (Å²) in [4.78, 5) is 15.2. The third-order valence-electron chi connectivity index (χ3n) is 3.02. The number of aryl methyl sites for hydroxylation is 1. The van der Waals surface area contributed by atoms with Crippen LogP contribution in [0.4, 0.5) is 0 Å². The van der Waals surface area contributed by atoms with E-state index >= 15 is 0 Å². The number of thiazole rings is 1. The molecule has 0 aliphatic rings. The van der Waals surface area contributed by atoms with Gasteiger partial charge in [0.15, 0.2) is 5.96 Å². The first-order valence-corrected chi connectivity index (χ1v) is 8.78. The molecule has 0 aliphatic heterocycles. The number of aliphatic imine (C=N–C) groups is 1. The quantitative estimate of drug-likeness (QED) is 0.548. The Morgan fingerprint density at radius 2 is 2.22 bits per heavy atom. The topological polar surface area (TPSA) is 75.3 Å². The molecule has 2 N–H and O–H groups in total. The summed E-state index contributed by atoms with van der Waals surface area (Å²) in [7, 11) is 1.74. The summed E-state index contributed by atoms with van der Waals surface area (Å²) in [6, 6.07) is 3.97. The molecule has 8 heteroatoms. The number of guanidine groups is 1. The Hall–Kier alpha value is -2.19. The zero-order chi connectivity index (χ0) is 16.1. The molecule has 0 fully saturated rings. The second-order valence-electron chi connectivity index (χ2n) is 4.77. The van der Waals surface area contributed by atoms with Gasteiger partial charge in [0.05, 0.1) is 23.7 Å². The molecule has 0 aliphatic carbocycles. The van der Waals surface area contributed by atoms with Crippen molar-refractivity contribution in [3.63, 3.8) is 0 Å². The Bertz CT molecular complexity index is 776. The van der Waals surface area contributed by atoms with Gasteiger partial charge in [-0.3, -0.25) is 4.99 Å². The summed E-state index contributed by atoms with van der Waals surface area (Å²) in [5, 5.41) is 9.49. The minimum absolute atomic E-state index is 0.547. The summed E-state index contributed by atoms with van der Waals surface area (Å²) in [5.41, 5.74) is 0.835. The van der Waals surface area contributed by atoms with E-state index in [1.54, 1.807) is 36.0 Å². The van der Waals surface area contributed by atoms with Crippen molar-refractivity contribution in [3.8, 4) is 10.8 Å². The molecular weight excluding hydrogens is 330 g/mol. The number of rotatable bonds is 5. The summed E-state index contributed by atoms with van der Waals surface area (Å²) < 4.78 is 5.50. The Morgan fingerprint density at radius 3 is 2.91 bits per heavy atom. The smallest absolute Gasteiger partial charge is 0.236 e. The van der Waals surface area contributed by atoms with Crippen LogP contribution in [0.3, 0.4) is 0 Å². The Labute approximate surface area is 142 Å². The van der Waals surface area contributed by atoms with E-state index in [2.05, 4.69) is 25.6 Å². The maximum Gasteiger partial charge on any atom is 0.236 e. The van der Waals surface area contributed by atoms with Gasteiger partial charge in [0, 0.05) is 18.1 Å². The molecule has 0 amide bonds. The van der Waals surface area contributed by atoms with Crippen LogP contribution in [0.15, 0.2) is 39.4 Å². The average Bonchev–Trinajstić information content (AvgIpc) is 3.28. The lowest BCUT2D eigenvalue weighted by Gasteiger charge is -2.09. The zero-order valence-electron chi connectivity index (χ0n) is 12.9. The van der Waals surface area contributed by atoms with Crippen molar-refractivity contribution in [3.05, 3.63) is 45.6 Å². The second-order valence-corrected chi connectivity index (χ2v) is 7.03. The number of aromatic nitrogens is 2. The third-order valence-corrected chi connectivity index (χ3v) is 4.79. The largest absolute Gasteiger partial charge is 0.443 e. The van der Waals surface area contributed by atoms with Gasteiger partial charge in [-0.05, 0) is 18.4 Å². The Kier molecular flexibility index (Phi) is 5.04. The lowest BCUT2D eigenvalue weighted by molar-refractivity contribution is 0.573. The van der Waals surface area contributed by atoms with Gasteiger partial charge >= 0.3 is 0 Å². The van der Waals surface area contributed by atoms with Crippen molar-refractivity contribution in [2.24, 2.45) is 4.99 Å². The molecule has 0 radical (unpaired) electrons. The van der Waals surface area contributed by atoms with Crippen LogP contribution in [0.1, 0.15) is 15.6 Å². The van der Waals surface area contributed by atoms with Gasteiger partial charge in [0.2, 0.25) is 5.89 Å². The molecule has 3 aromatic heterocycles. The minimum atomic E-state index is 0.547. The van der Waals surface area contributed by atoms with Gasteiger partial charge in [-0.2, -0.15) is 0 Å². The van der Waals surface area contributed by atoms with Crippen LogP contribution < -0.4 is 10.6 Å². The monoisotopic (exact) mass is 347 g/mol. The van der Waals surface area contributed by atoms with E-state index in [0.717, 1.165) is 15.6 Å². The van der Waals surface area contributed by atoms with Crippen LogP contribution in [0.2, 0.25) is 0 Å². The van der Waals surface area contributed by atoms with Gasteiger partial charge in [0.25, 0.3) is 0 Å². The van der Waals surface area contributed by atoms with Crippen LogP contribution in [0.25, 0.3) is 10.8 Å². The first-order valence-electron chi connectivity index (χ1n) is 7.08. The molecule has 0 unspecified atom stereocenters. The van der Waals surface area contributed by atoms with E-state index in [9.17, 15) is 0 Å². The van der Waals surface area contributed by atoms with Crippen molar-refractivity contribution in [1.29, 1.82) is 0 Å². The van der Waals surface area contributed by atoms with Crippen molar-refractivity contribution in [2.45, 2.75) is 20.0 Å². The van der Waals surface area contributed by atoms with E-state index in [1.807, 2.05) is 30.6 Å². The molecule has 0 saturated heterocycles. The third kappa shape index (κ3) is 4.17. The second kappa shape index (κ2) is 7.38. The fraction of sp³-hybridized carbons (Fsp3) is 0.267. The molecular formula is C15H17N5OS2. The molecule has 0 aromatic carbocycles. The predicted molar refractivity (Wildman–Crippen MR) is 93.7 cm³/mol. The van der Waals surface area contributed by atoms with Crippen LogP contribution in [-0.4, -0.2) is 23.0 Å². The lowest BCUT2D eigenvalue weighted by Crippen LogP contribution is -2.36. The van der Waals surface area contributed by atoms with Crippen molar-refractivity contribution < 1.29 is 4.42 Å². The fourth-order valence-corrected chi connectivity index (χ4v) is 3.32. The lowest BCUT2D eigenvalue weighted by atomic mass is 10.4. The van der Waals surface area contributed by atoms with E-state index in [-0.39, 0.29) is 0 Å². The number of nitrogens with zero attached hydrogens (tertiary/aromatic N) is 3. The predicted octanol–water partition coefficient (Wildman–Crippen LogP) is 3.03. The highest BCUT2D eigenvalue weighted by atomic mass is 32.1. The Balaban J connectivity index is 1.52. The molecule has 0 bridgehead atoms. The molecule has 3 rings (SSSR count). The van der Waals surface area contributed by atoms with Gasteiger partial charge in [-0.15, -0.1) is 22.7 Å². The molecule has 6 nitrogen and oxygen atoms in total. The number of hydrogen-bond acceptors (Lipinski definition) is 6. The summed E-state index contributed by atoms with van der Waals surface area (Å²) in [6.07, 6.45) is 3.54. The minimum Gasteiger partial charge on any atom is -0.443 e. The van der Waals surface area contributed by atoms with E-state index < -0.39 is 0 Å². The highest BCUT2D eigenvalue weighted by Gasteiger charge is 2.08. The summed E-state index contributed by atoms with van der Waals surface area (Å²) in [5.74, 6) is 1.36. The van der Waals surface area contributed by atoms with E-state index in [0.29, 0.717) is 24.9 Å². The standard InChI is InChI=1S/C15H17N5OS2/c1-10-6-17-13(23-10)8-19-15(16-2)18-7-11-9-21-14(20-11)12-4-3-5-22-12/h3-6,9H,7-8H2,1-2H3,(H2,16,18,19). The molecule has 0 spiro atoms. The first kappa shape index (κ1) is 15.7. The summed E-state index contributed by atoms with van der Waals surface area (Å²) in [6.45, 7) is 3.24. The van der Waals surface area contributed by atoms with Crippen LogP contribution in [0.5, 0.6) is 0 Å². The number of nitrogens with one attached hydrogen (secondary N) is 2. The normalized spacial score (nSPS) is 11.7. The maximum absolute atomic E-state index is 5.50. The highest BCUT2D eigenvalue weighted by molar-refractivity contribution is 7.13. The SMILES string of the molecule is CN=C(NCc1coc(-c2cccs2)n1)NCc1ncc(C)s1. The average molecular weight is 347 g/mol.